The van der Waals surface area contributed by atoms with E-state index in [-0.39, 0.29) is 18.2 Å². The van der Waals surface area contributed by atoms with E-state index in [1.807, 2.05) is 18.7 Å². The third-order valence-corrected chi connectivity index (χ3v) is 3.71. The van der Waals surface area contributed by atoms with Crippen LogP contribution in [0.5, 0.6) is 0 Å². The molecule has 0 saturated carbocycles. The van der Waals surface area contributed by atoms with Crippen LogP contribution in [0.15, 0.2) is 0 Å². The second-order valence-electron chi connectivity index (χ2n) is 5.76. The Labute approximate surface area is 108 Å². The number of likely N-dealkylation sites (tertiary alicyclic amines) is 1. The van der Waals surface area contributed by atoms with E-state index in [1.165, 1.54) is 0 Å². The molecule has 1 aliphatic rings. The molecule has 18 heavy (non-hydrogen) atoms. The lowest BCUT2D eigenvalue weighted by Gasteiger charge is -2.36. The molecular formula is C13H24N2O3. The molecule has 0 radical (unpaired) electrons. The normalized spacial score (nSPS) is 17.8. The largest absolute Gasteiger partial charge is 0.481 e. The summed E-state index contributed by atoms with van der Waals surface area (Å²) >= 11 is 0. The number of rotatable bonds is 5. The predicted molar refractivity (Wildman–Crippen MR) is 69.0 cm³/mol. The van der Waals surface area contributed by atoms with Crippen molar-refractivity contribution in [1.82, 2.24) is 4.90 Å². The van der Waals surface area contributed by atoms with Gasteiger partial charge in [-0.3, -0.25) is 9.59 Å². The molecule has 0 aromatic heterocycles. The SMILES string of the molecule is CC(C)(CCN)C(=O)N1CCC(CC(=O)O)CC1. The highest BCUT2D eigenvalue weighted by Crippen LogP contribution is 2.27. The number of amides is 1. The molecule has 0 aliphatic carbocycles. The first kappa shape index (κ1) is 15.0. The number of carbonyl (C=O) groups excluding carboxylic acids is 1. The highest BCUT2D eigenvalue weighted by atomic mass is 16.4. The first-order chi connectivity index (χ1) is 8.36. The maximum Gasteiger partial charge on any atom is 0.303 e. The minimum atomic E-state index is -0.747. The summed E-state index contributed by atoms with van der Waals surface area (Å²) in [4.78, 5) is 24.8. The van der Waals surface area contributed by atoms with E-state index in [4.69, 9.17) is 10.8 Å². The summed E-state index contributed by atoms with van der Waals surface area (Å²) in [5.74, 6) is -0.394. The average molecular weight is 256 g/mol. The number of nitrogens with zero attached hydrogens (tertiary/aromatic N) is 1. The van der Waals surface area contributed by atoms with Gasteiger partial charge in [0.25, 0.3) is 0 Å². The Morgan fingerprint density at radius 3 is 2.33 bits per heavy atom. The minimum absolute atomic E-state index is 0.140. The van der Waals surface area contributed by atoms with Crippen LogP contribution in [-0.2, 0) is 9.59 Å². The summed E-state index contributed by atoms with van der Waals surface area (Å²) in [5, 5.41) is 8.75. The van der Waals surface area contributed by atoms with Gasteiger partial charge in [-0.05, 0) is 31.7 Å². The second kappa shape index (κ2) is 6.18. The van der Waals surface area contributed by atoms with Crippen molar-refractivity contribution >= 4 is 11.9 Å². The standard InChI is InChI=1S/C13H24N2O3/c1-13(2,5-6-14)12(18)15-7-3-10(4-8-15)9-11(16)17/h10H,3-9,14H2,1-2H3,(H,16,17). The highest BCUT2D eigenvalue weighted by molar-refractivity contribution is 5.82. The molecule has 0 bridgehead atoms. The van der Waals surface area contributed by atoms with Gasteiger partial charge in [0, 0.05) is 24.9 Å². The summed E-state index contributed by atoms with van der Waals surface area (Å²) in [6.07, 6.45) is 2.47. The fraction of sp³-hybridized carbons (Fsp3) is 0.846. The molecule has 5 heteroatoms. The molecule has 1 rings (SSSR count). The minimum Gasteiger partial charge on any atom is -0.481 e. The van der Waals surface area contributed by atoms with Gasteiger partial charge >= 0.3 is 5.97 Å². The van der Waals surface area contributed by atoms with Gasteiger partial charge in [0.1, 0.15) is 0 Å². The maximum absolute atomic E-state index is 12.3. The molecule has 0 atom stereocenters. The molecule has 1 saturated heterocycles. The molecule has 1 aliphatic heterocycles. The first-order valence-electron chi connectivity index (χ1n) is 6.58. The van der Waals surface area contributed by atoms with E-state index in [0.29, 0.717) is 26.1 Å². The summed E-state index contributed by atoms with van der Waals surface area (Å²) in [6.45, 7) is 5.70. The van der Waals surface area contributed by atoms with Gasteiger partial charge in [0.2, 0.25) is 5.91 Å². The number of carbonyl (C=O) groups is 2. The van der Waals surface area contributed by atoms with Gasteiger partial charge in [-0.2, -0.15) is 0 Å². The van der Waals surface area contributed by atoms with Crippen molar-refractivity contribution in [3.05, 3.63) is 0 Å². The summed E-state index contributed by atoms with van der Waals surface area (Å²) in [6, 6.07) is 0. The molecule has 1 amide bonds. The number of hydrogen-bond acceptors (Lipinski definition) is 3. The zero-order valence-electron chi connectivity index (χ0n) is 11.3. The molecular weight excluding hydrogens is 232 g/mol. The third kappa shape index (κ3) is 3.98. The van der Waals surface area contributed by atoms with Crippen molar-refractivity contribution < 1.29 is 14.7 Å². The van der Waals surface area contributed by atoms with E-state index >= 15 is 0 Å². The topological polar surface area (TPSA) is 83.6 Å². The van der Waals surface area contributed by atoms with Crippen molar-refractivity contribution in [2.24, 2.45) is 17.1 Å². The summed E-state index contributed by atoms with van der Waals surface area (Å²) < 4.78 is 0. The fourth-order valence-corrected chi connectivity index (χ4v) is 2.48. The van der Waals surface area contributed by atoms with E-state index in [0.717, 1.165) is 12.8 Å². The molecule has 0 unspecified atom stereocenters. The van der Waals surface area contributed by atoms with Gasteiger partial charge in [0.05, 0.1) is 0 Å². The summed E-state index contributed by atoms with van der Waals surface area (Å²) in [7, 11) is 0. The van der Waals surface area contributed by atoms with Crippen molar-refractivity contribution in [2.75, 3.05) is 19.6 Å². The van der Waals surface area contributed by atoms with Gasteiger partial charge in [-0.1, -0.05) is 13.8 Å². The van der Waals surface area contributed by atoms with Crippen molar-refractivity contribution in [1.29, 1.82) is 0 Å². The first-order valence-corrected chi connectivity index (χ1v) is 6.58. The molecule has 0 aromatic carbocycles. The van der Waals surface area contributed by atoms with Crippen molar-refractivity contribution in [2.45, 2.75) is 39.5 Å². The number of nitrogens with two attached hydrogens (primary N) is 1. The molecule has 0 aromatic rings. The number of piperidine rings is 1. The zero-order valence-corrected chi connectivity index (χ0v) is 11.3. The average Bonchev–Trinajstić information content (AvgIpc) is 2.28. The van der Waals surface area contributed by atoms with E-state index < -0.39 is 11.4 Å². The van der Waals surface area contributed by atoms with Crippen LogP contribution in [0.25, 0.3) is 0 Å². The van der Waals surface area contributed by atoms with Crippen LogP contribution in [0, 0.1) is 11.3 Å². The fourth-order valence-electron chi connectivity index (χ4n) is 2.48. The Morgan fingerprint density at radius 1 is 1.33 bits per heavy atom. The maximum atomic E-state index is 12.3. The van der Waals surface area contributed by atoms with Crippen LogP contribution >= 0.6 is 0 Å². The molecule has 1 fully saturated rings. The number of aliphatic carboxylic acids is 1. The second-order valence-corrected chi connectivity index (χ2v) is 5.76. The molecule has 104 valence electrons. The third-order valence-electron chi connectivity index (χ3n) is 3.71. The summed E-state index contributed by atoms with van der Waals surface area (Å²) in [5.41, 5.74) is 5.11. The lowest BCUT2D eigenvalue weighted by atomic mass is 9.85. The van der Waals surface area contributed by atoms with Gasteiger partial charge < -0.3 is 15.7 Å². The zero-order chi connectivity index (χ0) is 13.8. The number of carboxylic acids is 1. The van der Waals surface area contributed by atoms with Crippen molar-refractivity contribution in [3.63, 3.8) is 0 Å². The van der Waals surface area contributed by atoms with Gasteiger partial charge in [-0.15, -0.1) is 0 Å². The van der Waals surface area contributed by atoms with Gasteiger partial charge in [0.15, 0.2) is 0 Å². The Morgan fingerprint density at radius 2 is 1.89 bits per heavy atom. The van der Waals surface area contributed by atoms with Crippen LogP contribution in [0.4, 0.5) is 0 Å². The van der Waals surface area contributed by atoms with Crippen LogP contribution in [0.3, 0.4) is 0 Å². The lowest BCUT2D eigenvalue weighted by molar-refractivity contribution is -0.142. The van der Waals surface area contributed by atoms with Crippen LogP contribution in [0.1, 0.15) is 39.5 Å². The van der Waals surface area contributed by atoms with E-state index in [1.54, 1.807) is 0 Å². The molecule has 1 heterocycles. The highest BCUT2D eigenvalue weighted by Gasteiger charge is 2.33. The Kier molecular flexibility index (Phi) is 5.14. The number of hydrogen-bond donors (Lipinski definition) is 2. The molecule has 3 N–H and O–H groups in total. The van der Waals surface area contributed by atoms with Crippen LogP contribution < -0.4 is 5.73 Å². The van der Waals surface area contributed by atoms with Crippen LogP contribution in [-0.4, -0.2) is 41.5 Å². The Bertz CT molecular complexity index is 307. The lowest BCUT2D eigenvalue weighted by Crippen LogP contribution is -2.46. The Hall–Kier alpha value is -1.10. The monoisotopic (exact) mass is 256 g/mol. The van der Waals surface area contributed by atoms with Crippen molar-refractivity contribution in [3.8, 4) is 0 Å². The Balaban J connectivity index is 2.47. The van der Waals surface area contributed by atoms with E-state index in [2.05, 4.69) is 0 Å². The van der Waals surface area contributed by atoms with E-state index in [9.17, 15) is 9.59 Å². The smallest absolute Gasteiger partial charge is 0.303 e. The molecule has 0 spiro atoms. The number of carboxylic acid groups (broad SMARTS) is 1. The van der Waals surface area contributed by atoms with Gasteiger partial charge in [-0.25, -0.2) is 0 Å². The predicted octanol–water partition coefficient (Wildman–Crippen LogP) is 1.07. The van der Waals surface area contributed by atoms with Crippen LogP contribution in [0.2, 0.25) is 0 Å². The molecule has 5 nitrogen and oxygen atoms in total. The quantitative estimate of drug-likeness (QED) is 0.771.